The van der Waals surface area contributed by atoms with Crippen LogP contribution in [0.3, 0.4) is 0 Å². The number of amides is 1. The molecular weight excluding hydrogens is 480 g/mol. The van der Waals surface area contributed by atoms with Gasteiger partial charge in [-0.3, -0.25) is 9.59 Å². The summed E-state index contributed by atoms with van der Waals surface area (Å²) in [6.07, 6.45) is 2.13. The number of esters is 1. The summed E-state index contributed by atoms with van der Waals surface area (Å²) in [5.41, 5.74) is 1.88. The van der Waals surface area contributed by atoms with Gasteiger partial charge in [0.1, 0.15) is 6.54 Å². The first kappa shape index (κ1) is 25.2. The number of ether oxygens (including phenoxy) is 1. The minimum atomic E-state index is -3.38. The Balaban J connectivity index is 1.75. The third-order valence-corrected chi connectivity index (χ3v) is 7.95. The van der Waals surface area contributed by atoms with Crippen LogP contribution in [-0.4, -0.2) is 43.5 Å². The van der Waals surface area contributed by atoms with E-state index in [0.717, 1.165) is 17.8 Å². The lowest BCUT2D eigenvalue weighted by atomic mass is 10.2. The normalized spacial score (nSPS) is 12.2. The van der Waals surface area contributed by atoms with Crippen LogP contribution in [0.5, 0.6) is 0 Å². The van der Waals surface area contributed by atoms with Crippen molar-refractivity contribution >= 4 is 55.0 Å². The Hall–Kier alpha value is -2.43. The highest BCUT2D eigenvalue weighted by Crippen LogP contribution is 2.22. The average Bonchev–Trinajstić information content (AvgIpc) is 3.10. The van der Waals surface area contributed by atoms with Gasteiger partial charge in [0.2, 0.25) is 5.91 Å². The predicted molar refractivity (Wildman–Crippen MR) is 132 cm³/mol. The van der Waals surface area contributed by atoms with Crippen molar-refractivity contribution in [1.29, 1.82) is 0 Å². The van der Waals surface area contributed by atoms with Gasteiger partial charge in [-0.2, -0.15) is 16.8 Å². The monoisotopic (exact) mass is 506 g/mol. The zero-order chi connectivity index (χ0) is 23.8. The Kier molecular flexibility index (Phi) is 8.87. The van der Waals surface area contributed by atoms with Gasteiger partial charge < -0.3 is 9.30 Å². The molecule has 0 fully saturated rings. The van der Waals surface area contributed by atoms with Gasteiger partial charge in [0.25, 0.3) is 0 Å². The first-order valence-corrected chi connectivity index (χ1v) is 14.3. The molecule has 0 N–H and O–H groups in total. The number of thiazole rings is 1. The molecule has 1 aromatic heterocycles. The number of thioether (sulfide) groups is 1. The van der Waals surface area contributed by atoms with Gasteiger partial charge in [-0.05, 0) is 42.9 Å². The van der Waals surface area contributed by atoms with E-state index in [0.29, 0.717) is 27.9 Å². The Morgan fingerprint density at radius 2 is 1.91 bits per heavy atom. The predicted octanol–water partition coefficient (Wildman–Crippen LogP) is 3.81. The van der Waals surface area contributed by atoms with Crippen molar-refractivity contribution in [3.63, 3.8) is 0 Å². The molecule has 3 rings (SSSR count). The molecule has 2 aromatic carbocycles. The summed E-state index contributed by atoms with van der Waals surface area (Å²) >= 11 is 2.95. The van der Waals surface area contributed by atoms with Crippen LogP contribution < -0.4 is 4.80 Å². The second-order valence-corrected chi connectivity index (χ2v) is 11.5. The SMILES string of the molecule is CCOC(=O)Cn1c(=NC(=O)CCCSCc2ccccc2)sc2cc(S(C)(=O)=O)ccc21. The fourth-order valence-electron chi connectivity index (χ4n) is 3.11. The Morgan fingerprint density at radius 3 is 2.61 bits per heavy atom. The van der Waals surface area contributed by atoms with Gasteiger partial charge in [-0.15, -0.1) is 0 Å². The number of carbonyl (C=O) groups excluding carboxylic acids is 2. The van der Waals surface area contributed by atoms with E-state index in [-0.39, 0.29) is 24.0 Å². The summed E-state index contributed by atoms with van der Waals surface area (Å²) in [5, 5.41) is 0. The fraction of sp³-hybridized carbons (Fsp3) is 0.348. The molecule has 0 unspecified atom stereocenters. The minimum absolute atomic E-state index is 0.106. The average molecular weight is 507 g/mol. The molecule has 7 nitrogen and oxygen atoms in total. The van der Waals surface area contributed by atoms with Crippen LogP contribution in [0.15, 0.2) is 58.4 Å². The lowest BCUT2D eigenvalue weighted by molar-refractivity contribution is -0.143. The van der Waals surface area contributed by atoms with Crippen LogP contribution in [0.1, 0.15) is 25.3 Å². The molecule has 0 aliphatic carbocycles. The van der Waals surface area contributed by atoms with Crippen LogP contribution >= 0.6 is 23.1 Å². The van der Waals surface area contributed by atoms with Crippen LogP contribution in [0.25, 0.3) is 10.2 Å². The van der Waals surface area contributed by atoms with Gasteiger partial charge in [-0.1, -0.05) is 41.7 Å². The number of hydrogen-bond acceptors (Lipinski definition) is 7. The van der Waals surface area contributed by atoms with Crippen molar-refractivity contribution in [1.82, 2.24) is 4.57 Å². The summed E-state index contributed by atoms with van der Waals surface area (Å²) in [6.45, 7) is 1.86. The number of carbonyl (C=O) groups is 2. The molecule has 3 aromatic rings. The van der Waals surface area contributed by atoms with Gasteiger partial charge in [-0.25, -0.2) is 8.42 Å². The molecule has 10 heteroatoms. The Bertz CT molecular complexity index is 1290. The van der Waals surface area contributed by atoms with Crippen LogP contribution in [0.2, 0.25) is 0 Å². The fourth-order valence-corrected chi connectivity index (χ4v) is 5.84. The molecule has 33 heavy (non-hydrogen) atoms. The van der Waals surface area contributed by atoms with Crippen molar-refractivity contribution < 1.29 is 22.7 Å². The number of sulfone groups is 1. The van der Waals surface area contributed by atoms with Crippen LogP contribution in [-0.2, 0) is 36.5 Å². The van der Waals surface area contributed by atoms with Crippen molar-refractivity contribution in [2.75, 3.05) is 18.6 Å². The Labute approximate surface area is 201 Å². The van der Waals surface area contributed by atoms with E-state index >= 15 is 0 Å². The highest BCUT2D eigenvalue weighted by Gasteiger charge is 2.15. The summed E-state index contributed by atoms with van der Waals surface area (Å²) in [6, 6.07) is 14.8. The van der Waals surface area contributed by atoms with E-state index in [1.807, 2.05) is 18.2 Å². The highest BCUT2D eigenvalue weighted by atomic mass is 32.2. The van der Waals surface area contributed by atoms with Crippen molar-refractivity contribution in [2.45, 2.75) is 37.0 Å². The molecule has 176 valence electrons. The molecule has 1 amide bonds. The lowest BCUT2D eigenvalue weighted by Crippen LogP contribution is -2.23. The molecule has 0 saturated carbocycles. The van der Waals surface area contributed by atoms with E-state index in [4.69, 9.17) is 4.74 Å². The topological polar surface area (TPSA) is 94.8 Å². The molecular formula is C23H26N2O5S3. The van der Waals surface area contributed by atoms with Crippen molar-refractivity contribution in [2.24, 2.45) is 4.99 Å². The summed E-state index contributed by atoms with van der Waals surface area (Å²) in [5.74, 6) is 1.01. The molecule has 0 radical (unpaired) electrons. The number of hydrogen-bond donors (Lipinski definition) is 0. The maximum Gasteiger partial charge on any atom is 0.326 e. The second-order valence-electron chi connectivity index (χ2n) is 7.32. The lowest BCUT2D eigenvalue weighted by Gasteiger charge is -2.05. The highest BCUT2D eigenvalue weighted by molar-refractivity contribution is 7.98. The Morgan fingerprint density at radius 1 is 1.15 bits per heavy atom. The van der Waals surface area contributed by atoms with Gasteiger partial charge in [0, 0.05) is 18.4 Å². The van der Waals surface area contributed by atoms with Crippen molar-refractivity contribution in [3.05, 3.63) is 58.9 Å². The minimum Gasteiger partial charge on any atom is -0.465 e. The van der Waals surface area contributed by atoms with E-state index in [1.54, 1.807) is 35.4 Å². The molecule has 1 heterocycles. The molecule has 0 spiro atoms. The number of aromatic nitrogens is 1. The molecule has 0 saturated heterocycles. The number of rotatable bonds is 10. The molecule has 0 aliphatic rings. The molecule has 0 aliphatic heterocycles. The maximum absolute atomic E-state index is 12.5. The van der Waals surface area contributed by atoms with Gasteiger partial charge in [0.05, 0.1) is 21.7 Å². The van der Waals surface area contributed by atoms with E-state index in [1.165, 1.54) is 23.0 Å². The summed E-state index contributed by atoms with van der Waals surface area (Å²) < 4.78 is 31.1. The van der Waals surface area contributed by atoms with E-state index < -0.39 is 15.8 Å². The van der Waals surface area contributed by atoms with Gasteiger partial charge in [0.15, 0.2) is 14.6 Å². The zero-order valence-electron chi connectivity index (χ0n) is 18.5. The first-order chi connectivity index (χ1) is 15.8. The third kappa shape index (κ3) is 7.28. The molecule has 0 bridgehead atoms. The first-order valence-electron chi connectivity index (χ1n) is 10.5. The van der Waals surface area contributed by atoms with Crippen LogP contribution in [0, 0.1) is 0 Å². The quantitative estimate of drug-likeness (QED) is 0.307. The number of benzene rings is 2. The summed E-state index contributed by atoms with van der Waals surface area (Å²) in [7, 11) is -3.38. The zero-order valence-corrected chi connectivity index (χ0v) is 21.0. The number of nitrogens with zero attached hydrogens (tertiary/aromatic N) is 2. The largest absolute Gasteiger partial charge is 0.465 e. The smallest absolute Gasteiger partial charge is 0.326 e. The van der Waals surface area contributed by atoms with E-state index in [9.17, 15) is 18.0 Å². The van der Waals surface area contributed by atoms with Crippen molar-refractivity contribution in [3.8, 4) is 0 Å². The third-order valence-electron chi connectivity index (χ3n) is 4.69. The van der Waals surface area contributed by atoms with Crippen LogP contribution in [0.4, 0.5) is 0 Å². The molecule has 0 atom stereocenters. The summed E-state index contributed by atoms with van der Waals surface area (Å²) in [4.78, 5) is 29.4. The second kappa shape index (κ2) is 11.6. The number of fused-ring (bicyclic) bond motifs is 1. The van der Waals surface area contributed by atoms with Gasteiger partial charge >= 0.3 is 5.97 Å². The van der Waals surface area contributed by atoms with E-state index in [2.05, 4.69) is 17.1 Å². The maximum atomic E-state index is 12.5. The standard InChI is InChI=1S/C23H26N2O5S3/c1-3-30-22(27)15-25-19-12-11-18(33(2,28)29)14-20(19)32-23(25)24-21(26)10-7-13-31-16-17-8-5-4-6-9-17/h4-6,8-9,11-12,14H,3,7,10,13,15-16H2,1-2H3.